The summed E-state index contributed by atoms with van der Waals surface area (Å²) in [7, 11) is 0. The highest BCUT2D eigenvalue weighted by molar-refractivity contribution is 6.03. The van der Waals surface area contributed by atoms with Gasteiger partial charge in [-0.3, -0.25) is 9.59 Å². The van der Waals surface area contributed by atoms with E-state index < -0.39 is 0 Å². The molecule has 3 unspecified atom stereocenters. The van der Waals surface area contributed by atoms with E-state index in [4.69, 9.17) is 0 Å². The highest BCUT2D eigenvalue weighted by Gasteiger charge is 2.43. The summed E-state index contributed by atoms with van der Waals surface area (Å²) in [5.41, 5.74) is 2.50. The maximum Gasteiger partial charge on any atom is 0.251 e. The second kappa shape index (κ2) is 4.44. The molecule has 0 saturated heterocycles. The Bertz CT molecular complexity index is 593. The molecule has 2 bridgehead atoms. The molecule has 0 aromatic heterocycles. The zero-order valence-electron chi connectivity index (χ0n) is 11.5. The van der Waals surface area contributed by atoms with Gasteiger partial charge < -0.3 is 5.32 Å². The van der Waals surface area contributed by atoms with Crippen molar-refractivity contribution < 1.29 is 9.59 Å². The first-order valence-corrected chi connectivity index (χ1v) is 7.67. The quantitative estimate of drug-likeness (QED) is 0.839. The lowest BCUT2D eigenvalue weighted by atomic mass is 9.82. The molecule has 3 heteroatoms. The lowest BCUT2D eigenvalue weighted by Gasteiger charge is -2.22. The summed E-state index contributed by atoms with van der Waals surface area (Å²) in [5, 5.41) is 2.85. The van der Waals surface area contributed by atoms with Gasteiger partial charge in [0.1, 0.15) is 0 Å². The van der Waals surface area contributed by atoms with Crippen molar-refractivity contribution in [3.63, 3.8) is 0 Å². The van der Waals surface area contributed by atoms with Crippen LogP contribution in [0.3, 0.4) is 0 Å². The third kappa shape index (κ3) is 1.80. The largest absolute Gasteiger partial charge is 0.352 e. The Hall–Kier alpha value is -1.64. The Morgan fingerprint density at radius 3 is 2.85 bits per heavy atom. The van der Waals surface area contributed by atoms with Crippen molar-refractivity contribution in [2.24, 2.45) is 17.8 Å². The minimum absolute atomic E-state index is 0.0335. The van der Waals surface area contributed by atoms with Crippen molar-refractivity contribution in [1.29, 1.82) is 0 Å². The van der Waals surface area contributed by atoms with E-state index in [1.165, 1.54) is 19.3 Å². The van der Waals surface area contributed by atoms with Crippen LogP contribution in [0.1, 0.15) is 52.0 Å². The van der Waals surface area contributed by atoms with Crippen LogP contribution in [0.4, 0.5) is 0 Å². The summed E-state index contributed by atoms with van der Waals surface area (Å²) >= 11 is 0. The molecule has 20 heavy (non-hydrogen) atoms. The van der Waals surface area contributed by atoms with E-state index in [1.54, 1.807) is 0 Å². The molecule has 2 aliphatic carbocycles. The normalized spacial score (nSPS) is 31.0. The highest BCUT2D eigenvalue weighted by Crippen LogP contribution is 2.49. The Morgan fingerprint density at radius 2 is 2.10 bits per heavy atom. The number of hydrogen-bond acceptors (Lipinski definition) is 2. The number of ketones is 1. The minimum atomic E-state index is -0.0335. The highest BCUT2D eigenvalue weighted by atomic mass is 16.1. The van der Waals surface area contributed by atoms with E-state index in [0.717, 1.165) is 29.9 Å². The van der Waals surface area contributed by atoms with E-state index in [2.05, 4.69) is 5.32 Å². The third-order valence-electron chi connectivity index (χ3n) is 5.39. The molecule has 104 valence electrons. The number of rotatable bonds is 2. The zero-order chi connectivity index (χ0) is 13.7. The van der Waals surface area contributed by atoms with Crippen molar-refractivity contribution in [3.8, 4) is 0 Å². The van der Waals surface area contributed by atoms with Gasteiger partial charge in [0, 0.05) is 23.6 Å². The first-order chi connectivity index (χ1) is 9.72. The fourth-order valence-electron chi connectivity index (χ4n) is 4.34. The Kier molecular flexibility index (Phi) is 2.69. The molecule has 0 radical (unpaired) electrons. The SMILES string of the molecule is O=C1NCCc2ccc(C(=O)C3CC4CCC3C4)cc21. The molecular weight excluding hydrogens is 250 g/mol. The molecule has 4 rings (SSSR count). The summed E-state index contributed by atoms with van der Waals surface area (Å²) in [6, 6.07) is 5.71. The Morgan fingerprint density at radius 1 is 1.20 bits per heavy atom. The maximum absolute atomic E-state index is 12.7. The van der Waals surface area contributed by atoms with Crippen molar-refractivity contribution in [1.82, 2.24) is 5.32 Å². The van der Waals surface area contributed by atoms with Gasteiger partial charge in [-0.25, -0.2) is 0 Å². The Balaban J connectivity index is 1.64. The molecule has 3 nitrogen and oxygen atoms in total. The van der Waals surface area contributed by atoms with Gasteiger partial charge in [-0.05, 0) is 49.1 Å². The van der Waals surface area contributed by atoms with E-state index in [-0.39, 0.29) is 17.6 Å². The number of Topliss-reactive ketones (excluding diaryl/α,β-unsaturated/α-hetero) is 1. The lowest BCUT2D eigenvalue weighted by molar-refractivity contribution is 0.0874. The number of nitrogens with one attached hydrogen (secondary N) is 1. The molecule has 2 fully saturated rings. The summed E-state index contributed by atoms with van der Waals surface area (Å²) in [5.74, 6) is 1.80. The van der Waals surface area contributed by atoms with Crippen LogP contribution in [0.2, 0.25) is 0 Å². The molecule has 3 atom stereocenters. The maximum atomic E-state index is 12.7. The smallest absolute Gasteiger partial charge is 0.251 e. The zero-order valence-corrected chi connectivity index (χ0v) is 11.5. The van der Waals surface area contributed by atoms with Crippen molar-refractivity contribution in [2.75, 3.05) is 6.54 Å². The van der Waals surface area contributed by atoms with Crippen LogP contribution in [0, 0.1) is 17.8 Å². The summed E-state index contributed by atoms with van der Waals surface area (Å²) < 4.78 is 0. The van der Waals surface area contributed by atoms with Crippen molar-refractivity contribution >= 4 is 11.7 Å². The minimum Gasteiger partial charge on any atom is -0.352 e. The summed E-state index contributed by atoms with van der Waals surface area (Å²) in [6.45, 7) is 0.700. The van der Waals surface area contributed by atoms with Crippen molar-refractivity contribution in [2.45, 2.75) is 32.1 Å². The second-order valence-corrected chi connectivity index (χ2v) is 6.52. The fraction of sp³-hybridized carbons (Fsp3) is 0.529. The van der Waals surface area contributed by atoms with Gasteiger partial charge in [0.25, 0.3) is 5.91 Å². The van der Waals surface area contributed by atoms with Gasteiger partial charge in [-0.2, -0.15) is 0 Å². The van der Waals surface area contributed by atoms with Crippen LogP contribution < -0.4 is 5.32 Å². The number of carbonyl (C=O) groups is 2. The standard InChI is InChI=1S/C17H19NO2/c19-16(14-8-10-1-2-12(14)7-10)13-4-3-11-5-6-18-17(20)15(11)9-13/h3-4,9-10,12,14H,1-2,5-8H2,(H,18,20). The van der Waals surface area contributed by atoms with E-state index in [0.29, 0.717) is 18.0 Å². The van der Waals surface area contributed by atoms with Crippen LogP contribution in [0.5, 0.6) is 0 Å². The van der Waals surface area contributed by atoms with Crippen LogP contribution in [0.25, 0.3) is 0 Å². The molecule has 3 aliphatic rings. The number of hydrogen-bond donors (Lipinski definition) is 1. The molecular formula is C17H19NO2. The van der Waals surface area contributed by atoms with Gasteiger partial charge in [0.15, 0.2) is 5.78 Å². The predicted octanol–water partition coefficient (Wildman–Crippen LogP) is 2.59. The van der Waals surface area contributed by atoms with Gasteiger partial charge in [0.2, 0.25) is 0 Å². The molecule has 0 spiro atoms. The molecule has 1 N–H and O–H groups in total. The topological polar surface area (TPSA) is 46.2 Å². The molecule has 1 aromatic rings. The number of carbonyl (C=O) groups excluding carboxylic acids is 2. The van der Waals surface area contributed by atoms with Crippen LogP contribution in [-0.2, 0) is 6.42 Å². The third-order valence-corrected chi connectivity index (χ3v) is 5.39. The average molecular weight is 269 g/mol. The number of amides is 1. The van der Waals surface area contributed by atoms with Gasteiger partial charge in [-0.1, -0.05) is 18.6 Å². The molecule has 1 aliphatic heterocycles. The predicted molar refractivity (Wildman–Crippen MR) is 75.7 cm³/mol. The average Bonchev–Trinajstić information content (AvgIpc) is 3.09. The van der Waals surface area contributed by atoms with Gasteiger partial charge >= 0.3 is 0 Å². The monoisotopic (exact) mass is 269 g/mol. The van der Waals surface area contributed by atoms with Gasteiger partial charge in [0.05, 0.1) is 0 Å². The van der Waals surface area contributed by atoms with Crippen LogP contribution in [0.15, 0.2) is 18.2 Å². The first kappa shape index (κ1) is 12.1. The van der Waals surface area contributed by atoms with Crippen LogP contribution >= 0.6 is 0 Å². The summed E-state index contributed by atoms with van der Waals surface area (Å²) in [4.78, 5) is 24.6. The van der Waals surface area contributed by atoms with Gasteiger partial charge in [-0.15, -0.1) is 0 Å². The van der Waals surface area contributed by atoms with Crippen molar-refractivity contribution in [3.05, 3.63) is 34.9 Å². The first-order valence-electron chi connectivity index (χ1n) is 7.67. The molecule has 1 aromatic carbocycles. The van der Waals surface area contributed by atoms with E-state index in [1.807, 2.05) is 18.2 Å². The molecule has 2 saturated carbocycles. The van der Waals surface area contributed by atoms with Crippen LogP contribution in [-0.4, -0.2) is 18.2 Å². The summed E-state index contributed by atoms with van der Waals surface area (Å²) in [6.07, 6.45) is 5.69. The number of benzene rings is 1. The van der Waals surface area contributed by atoms with E-state index >= 15 is 0 Å². The number of fused-ring (bicyclic) bond motifs is 3. The fourth-order valence-corrected chi connectivity index (χ4v) is 4.34. The molecule has 1 amide bonds. The van der Waals surface area contributed by atoms with E-state index in [9.17, 15) is 9.59 Å². The lowest BCUT2D eigenvalue weighted by Crippen LogP contribution is -2.32. The molecule has 1 heterocycles. The second-order valence-electron chi connectivity index (χ2n) is 6.52. The Labute approximate surface area is 118 Å².